The molecule has 1 amide bonds. The van der Waals surface area contributed by atoms with Gasteiger partial charge in [0.05, 0.1) is 6.10 Å². The predicted octanol–water partition coefficient (Wildman–Crippen LogP) is 2.56. The lowest BCUT2D eigenvalue weighted by molar-refractivity contribution is 0.0494. The number of amides is 1. The van der Waals surface area contributed by atoms with Gasteiger partial charge in [0.2, 0.25) is 0 Å². The second-order valence-corrected chi connectivity index (χ2v) is 7.07. The number of hydrogen-bond acceptors (Lipinski definition) is 5. The molecule has 2 rings (SSSR count). The number of nitrogens with zero attached hydrogens (tertiary/aromatic N) is 1. The molecule has 3 N–H and O–H groups in total. The molecule has 0 radical (unpaired) electrons. The van der Waals surface area contributed by atoms with Gasteiger partial charge in [-0.3, -0.25) is 4.90 Å². The Kier molecular flexibility index (Phi) is 6.45. The number of ether oxygens (including phenoxy) is 2. The van der Waals surface area contributed by atoms with Crippen LogP contribution in [-0.4, -0.2) is 49.4 Å². The van der Waals surface area contributed by atoms with Crippen LogP contribution in [-0.2, 0) is 9.47 Å². The summed E-state index contributed by atoms with van der Waals surface area (Å²) >= 11 is 0. The van der Waals surface area contributed by atoms with E-state index in [0.717, 1.165) is 43.9 Å². The van der Waals surface area contributed by atoms with Crippen LogP contribution >= 0.6 is 0 Å². The zero-order valence-electron chi connectivity index (χ0n) is 14.9. The Bertz CT molecular complexity index is 543. The van der Waals surface area contributed by atoms with Crippen LogP contribution in [0.3, 0.4) is 0 Å². The lowest BCUT2D eigenvalue weighted by Crippen LogP contribution is -2.39. The Labute approximate surface area is 144 Å². The molecule has 0 aliphatic carbocycles. The summed E-state index contributed by atoms with van der Waals surface area (Å²) in [6.45, 7) is 9.30. The number of hydrogen-bond donors (Lipinski definition) is 2. The minimum atomic E-state index is -0.476. The molecule has 0 unspecified atom stereocenters. The molecule has 1 atom stereocenters. The van der Waals surface area contributed by atoms with Gasteiger partial charge in [0.1, 0.15) is 5.60 Å². The normalized spacial score (nSPS) is 19.5. The number of carbonyl (C=O) groups excluding carboxylic acids is 1. The molecule has 0 bridgehead atoms. The van der Waals surface area contributed by atoms with Crippen molar-refractivity contribution in [3.05, 3.63) is 29.8 Å². The number of benzene rings is 1. The lowest BCUT2D eigenvalue weighted by atomic mass is 10.1. The Hall–Kier alpha value is -1.79. The van der Waals surface area contributed by atoms with Gasteiger partial charge in [-0.2, -0.15) is 0 Å². The summed E-state index contributed by atoms with van der Waals surface area (Å²) in [5.41, 5.74) is 7.39. The summed E-state index contributed by atoms with van der Waals surface area (Å²) in [5.74, 6) is 0. The van der Waals surface area contributed by atoms with Crippen molar-refractivity contribution in [3.8, 4) is 0 Å². The maximum atomic E-state index is 11.7. The van der Waals surface area contributed by atoms with E-state index in [2.05, 4.69) is 10.2 Å². The molecule has 1 fully saturated rings. The standard InChI is InChI=1S/C18H29N3O3/c1-18(2,3)24-17(22)20-9-11-21-10-6-12-23-16(13-21)14-7-4-5-8-15(14)19/h4-5,7-8,16H,6,9-13,19H2,1-3H3,(H,20,22)/t16-/m0/s1. The van der Waals surface area contributed by atoms with Gasteiger partial charge in [-0.25, -0.2) is 4.79 Å². The molecular weight excluding hydrogens is 306 g/mol. The van der Waals surface area contributed by atoms with E-state index in [4.69, 9.17) is 15.2 Å². The van der Waals surface area contributed by atoms with Crippen molar-refractivity contribution in [2.24, 2.45) is 0 Å². The van der Waals surface area contributed by atoms with Crippen molar-refractivity contribution in [2.75, 3.05) is 38.5 Å². The molecule has 0 aromatic heterocycles. The highest BCUT2D eigenvalue weighted by molar-refractivity contribution is 5.67. The number of alkyl carbamates (subject to hydrolysis) is 1. The summed E-state index contributed by atoms with van der Waals surface area (Å²) in [6, 6.07) is 7.83. The molecule has 1 aromatic carbocycles. The SMILES string of the molecule is CC(C)(C)OC(=O)NCCN1CCCO[C@H](c2ccccc2N)C1. The van der Waals surface area contributed by atoms with Crippen LogP contribution in [0.15, 0.2) is 24.3 Å². The first-order chi connectivity index (χ1) is 11.3. The highest BCUT2D eigenvalue weighted by atomic mass is 16.6. The van der Waals surface area contributed by atoms with Gasteiger partial charge in [-0.15, -0.1) is 0 Å². The number of nitrogens with one attached hydrogen (secondary N) is 1. The number of anilines is 1. The summed E-state index contributed by atoms with van der Waals surface area (Å²) in [4.78, 5) is 14.0. The quantitative estimate of drug-likeness (QED) is 0.827. The minimum Gasteiger partial charge on any atom is -0.444 e. The van der Waals surface area contributed by atoms with E-state index in [0.29, 0.717) is 6.54 Å². The molecule has 0 spiro atoms. The minimum absolute atomic E-state index is 0.0322. The van der Waals surface area contributed by atoms with E-state index in [1.54, 1.807) is 0 Å². The zero-order valence-corrected chi connectivity index (χ0v) is 14.9. The van der Waals surface area contributed by atoms with Gasteiger partial charge < -0.3 is 20.5 Å². The monoisotopic (exact) mass is 335 g/mol. The average Bonchev–Trinajstić information content (AvgIpc) is 2.71. The van der Waals surface area contributed by atoms with Crippen molar-refractivity contribution < 1.29 is 14.3 Å². The van der Waals surface area contributed by atoms with Crippen LogP contribution in [0.4, 0.5) is 10.5 Å². The Morgan fingerprint density at radius 1 is 1.42 bits per heavy atom. The summed E-state index contributed by atoms with van der Waals surface area (Å²) < 4.78 is 11.2. The molecule has 6 heteroatoms. The van der Waals surface area contributed by atoms with E-state index in [9.17, 15) is 4.79 Å². The number of rotatable bonds is 4. The van der Waals surface area contributed by atoms with Crippen LogP contribution in [0.2, 0.25) is 0 Å². The number of nitrogens with two attached hydrogens (primary N) is 1. The molecule has 24 heavy (non-hydrogen) atoms. The van der Waals surface area contributed by atoms with E-state index in [1.807, 2.05) is 45.0 Å². The van der Waals surface area contributed by atoms with Gasteiger partial charge in [0.15, 0.2) is 0 Å². The second-order valence-electron chi connectivity index (χ2n) is 7.07. The lowest BCUT2D eigenvalue weighted by Gasteiger charge is -2.25. The smallest absolute Gasteiger partial charge is 0.407 e. The Balaban J connectivity index is 1.85. The van der Waals surface area contributed by atoms with E-state index in [1.165, 1.54) is 0 Å². The molecule has 1 heterocycles. The summed E-state index contributed by atoms with van der Waals surface area (Å²) in [7, 11) is 0. The van der Waals surface area contributed by atoms with Crippen molar-refractivity contribution in [1.29, 1.82) is 0 Å². The fourth-order valence-electron chi connectivity index (χ4n) is 2.72. The van der Waals surface area contributed by atoms with E-state index >= 15 is 0 Å². The van der Waals surface area contributed by atoms with Crippen molar-refractivity contribution in [1.82, 2.24) is 10.2 Å². The van der Waals surface area contributed by atoms with E-state index < -0.39 is 5.60 Å². The second kappa shape index (κ2) is 8.35. The maximum Gasteiger partial charge on any atom is 0.407 e. The first-order valence-electron chi connectivity index (χ1n) is 8.50. The average molecular weight is 335 g/mol. The fraction of sp³-hybridized carbons (Fsp3) is 0.611. The molecule has 1 aliphatic rings. The summed E-state index contributed by atoms with van der Waals surface area (Å²) in [6.07, 6.45) is 0.558. The van der Waals surface area contributed by atoms with E-state index in [-0.39, 0.29) is 12.2 Å². The first kappa shape index (κ1) is 18.5. The highest BCUT2D eigenvalue weighted by Crippen LogP contribution is 2.26. The Morgan fingerprint density at radius 3 is 2.88 bits per heavy atom. The van der Waals surface area contributed by atoms with Crippen LogP contribution in [0.25, 0.3) is 0 Å². The topological polar surface area (TPSA) is 76.8 Å². The molecule has 1 saturated heterocycles. The molecule has 134 valence electrons. The van der Waals surface area contributed by atoms with Gasteiger partial charge >= 0.3 is 6.09 Å². The largest absolute Gasteiger partial charge is 0.444 e. The Morgan fingerprint density at radius 2 is 2.17 bits per heavy atom. The van der Waals surface area contributed by atoms with Crippen LogP contribution in [0, 0.1) is 0 Å². The van der Waals surface area contributed by atoms with Gasteiger partial charge in [0.25, 0.3) is 0 Å². The number of para-hydroxylation sites is 1. The maximum absolute atomic E-state index is 11.7. The third-order valence-electron chi connectivity index (χ3n) is 3.80. The molecule has 0 saturated carbocycles. The van der Waals surface area contributed by atoms with Crippen LogP contribution in [0.1, 0.15) is 38.9 Å². The molecular formula is C18H29N3O3. The third-order valence-corrected chi connectivity index (χ3v) is 3.80. The molecule has 6 nitrogen and oxygen atoms in total. The number of nitrogen functional groups attached to an aromatic ring is 1. The zero-order chi connectivity index (χ0) is 17.6. The molecule has 1 aromatic rings. The number of carbonyl (C=O) groups is 1. The van der Waals surface area contributed by atoms with Gasteiger partial charge in [-0.1, -0.05) is 18.2 Å². The third kappa shape index (κ3) is 6.02. The van der Waals surface area contributed by atoms with Crippen molar-refractivity contribution >= 4 is 11.8 Å². The predicted molar refractivity (Wildman–Crippen MR) is 94.8 cm³/mol. The molecule has 1 aliphatic heterocycles. The summed E-state index contributed by atoms with van der Waals surface area (Å²) in [5, 5.41) is 2.80. The van der Waals surface area contributed by atoms with Crippen molar-refractivity contribution in [2.45, 2.75) is 38.9 Å². The highest BCUT2D eigenvalue weighted by Gasteiger charge is 2.22. The van der Waals surface area contributed by atoms with Gasteiger partial charge in [-0.05, 0) is 33.3 Å². The van der Waals surface area contributed by atoms with Crippen molar-refractivity contribution in [3.63, 3.8) is 0 Å². The van der Waals surface area contributed by atoms with Crippen LogP contribution < -0.4 is 11.1 Å². The first-order valence-corrected chi connectivity index (χ1v) is 8.50. The fourth-order valence-corrected chi connectivity index (χ4v) is 2.72. The van der Waals surface area contributed by atoms with Gasteiger partial charge in [0, 0.05) is 44.0 Å². The van der Waals surface area contributed by atoms with Crippen LogP contribution in [0.5, 0.6) is 0 Å².